The van der Waals surface area contributed by atoms with Crippen molar-refractivity contribution in [1.82, 2.24) is 29.4 Å². The van der Waals surface area contributed by atoms with Crippen LogP contribution in [0.15, 0.2) is 47.4 Å². The second-order valence-electron chi connectivity index (χ2n) is 8.68. The molecule has 5 rings (SSSR count). The van der Waals surface area contributed by atoms with Crippen LogP contribution in [0.1, 0.15) is 24.0 Å². The van der Waals surface area contributed by atoms with Crippen LogP contribution in [0.4, 0.5) is 5.82 Å². The Kier molecular flexibility index (Phi) is 6.73. The van der Waals surface area contributed by atoms with E-state index >= 15 is 0 Å². The molecule has 0 amide bonds. The summed E-state index contributed by atoms with van der Waals surface area (Å²) in [5.41, 5.74) is 10.6. The molecule has 1 aliphatic rings. The molecule has 182 valence electrons. The lowest BCUT2D eigenvalue weighted by molar-refractivity contribution is 0.141. The van der Waals surface area contributed by atoms with Crippen molar-refractivity contribution in [2.75, 3.05) is 39.1 Å². The minimum atomic E-state index is -0.326. The molecule has 4 aromatic rings. The summed E-state index contributed by atoms with van der Waals surface area (Å²) < 4.78 is 12.0. The van der Waals surface area contributed by atoms with Gasteiger partial charge in [0.05, 0.1) is 18.8 Å². The average molecular weight is 476 g/mol. The lowest BCUT2D eigenvalue weighted by Gasteiger charge is -2.14. The lowest BCUT2D eigenvalue weighted by Crippen LogP contribution is -2.18. The van der Waals surface area contributed by atoms with Crippen LogP contribution >= 0.6 is 0 Å². The van der Waals surface area contributed by atoms with E-state index in [1.807, 2.05) is 12.1 Å². The molecule has 3 N–H and O–H groups in total. The van der Waals surface area contributed by atoms with Gasteiger partial charge in [0.2, 0.25) is 0 Å². The van der Waals surface area contributed by atoms with E-state index in [4.69, 9.17) is 15.2 Å². The van der Waals surface area contributed by atoms with Gasteiger partial charge < -0.3 is 20.2 Å². The lowest BCUT2D eigenvalue weighted by atomic mass is 10.1. The van der Waals surface area contributed by atoms with Crippen molar-refractivity contribution in [3.63, 3.8) is 0 Å². The van der Waals surface area contributed by atoms with Gasteiger partial charge in [-0.1, -0.05) is 30.3 Å². The van der Waals surface area contributed by atoms with E-state index in [9.17, 15) is 4.79 Å². The molecule has 0 radical (unpaired) electrons. The number of hydrogen-bond donors (Lipinski definition) is 2. The summed E-state index contributed by atoms with van der Waals surface area (Å²) in [7, 11) is 1.58. The largest absolute Gasteiger partial charge is 0.461 e. The maximum atomic E-state index is 12.6. The third kappa shape index (κ3) is 5.18. The highest BCUT2D eigenvalue weighted by atomic mass is 16.5. The monoisotopic (exact) mass is 475 g/mol. The number of H-pyrrole nitrogens is 1. The Balaban J connectivity index is 1.32. The quantitative estimate of drug-likeness (QED) is 0.354. The molecule has 1 saturated heterocycles. The summed E-state index contributed by atoms with van der Waals surface area (Å²) in [6, 6.07) is 12.6. The number of anilines is 1. The molecule has 1 aliphatic heterocycles. The van der Waals surface area contributed by atoms with Crippen molar-refractivity contribution >= 4 is 17.0 Å². The number of ether oxygens (including phenoxy) is 2. The number of nitrogens with one attached hydrogen (secondary N) is 1. The van der Waals surface area contributed by atoms with E-state index in [1.54, 1.807) is 13.3 Å². The number of fused-ring (bicyclic) bond motifs is 1. The predicted molar refractivity (Wildman–Crippen MR) is 133 cm³/mol. The molecule has 10 heteroatoms. The van der Waals surface area contributed by atoms with Crippen LogP contribution in [0.25, 0.3) is 22.4 Å². The molecule has 10 nitrogen and oxygen atoms in total. The minimum Gasteiger partial charge on any atom is -0.461 e. The summed E-state index contributed by atoms with van der Waals surface area (Å²) >= 11 is 0. The Hall–Kier alpha value is -3.76. The number of pyridine rings is 1. The first-order chi connectivity index (χ1) is 17.1. The first kappa shape index (κ1) is 23.0. The number of likely N-dealkylation sites (tertiary alicyclic amines) is 1. The Morgan fingerprint density at radius 3 is 2.49 bits per heavy atom. The van der Waals surface area contributed by atoms with Gasteiger partial charge in [0.1, 0.15) is 12.1 Å². The molecule has 0 atom stereocenters. The second-order valence-corrected chi connectivity index (χ2v) is 8.68. The fourth-order valence-corrected chi connectivity index (χ4v) is 4.31. The Morgan fingerprint density at radius 2 is 1.77 bits per heavy atom. The second kappa shape index (κ2) is 10.2. The molecule has 0 spiro atoms. The van der Waals surface area contributed by atoms with Gasteiger partial charge in [0.15, 0.2) is 11.5 Å². The number of benzene rings is 1. The molecule has 3 aromatic heterocycles. The van der Waals surface area contributed by atoms with Crippen molar-refractivity contribution in [1.29, 1.82) is 0 Å². The first-order valence-electron chi connectivity index (χ1n) is 11.7. The molecule has 35 heavy (non-hydrogen) atoms. The number of nitrogen functional groups attached to an aromatic ring is 1. The molecule has 0 saturated carbocycles. The number of hydrogen-bond acceptors (Lipinski definition) is 8. The molecule has 4 heterocycles. The first-order valence-corrected chi connectivity index (χ1v) is 11.7. The maximum Gasteiger partial charge on any atom is 0.328 e. The van der Waals surface area contributed by atoms with Crippen LogP contribution in [0, 0.1) is 0 Å². The Labute approximate surface area is 202 Å². The van der Waals surface area contributed by atoms with Crippen LogP contribution < -0.4 is 16.2 Å². The van der Waals surface area contributed by atoms with Crippen LogP contribution in [0.2, 0.25) is 0 Å². The van der Waals surface area contributed by atoms with Gasteiger partial charge in [-0.2, -0.15) is 9.97 Å². The number of aromatic amines is 1. The van der Waals surface area contributed by atoms with Gasteiger partial charge >= 0.3 is 11.7 Å². The zero-order valence-corrected chi connectivity index (χ0v) is 19.7. The SMILES string of the molecule is COCCOc1nc(N)c2[nH]c(=O)n(Cc3ccc(-c4ccc(CN5CCCC5)cc4)nc3)c2n1. The summed E-state index contributed by atoms with van der Waals surface area (Å²) in [5, 5.41) is 0. The molecule has 0 bridgehead atoms. The van der Waals surface area contributed by atoms with E-state index in [-0.39, 0.29) is 30.7 Å². The van der Waals surface area contributed by atoms with Gasteiger partial charge in [-0.3, -0.25) is 14.5 Å². The van der Waals surface area contributed by atoms with Crippen LogP contribution in [-0.4, -0.2) is 62.8 Å². The molecular weight excluding hydrogens is 446 g/mol. The van der Waals surface area contributed by atoms with E-state index in [1.165, 1.54) is 36.1 Å². The third-order valence-electron chi connectivity index (χ3n) is 6.17. The number of nitrogens with zero attached hydrogens (tertiary/aromatic N) is 5. The Morgan fingerprint density at radius 1 is 1.00 bits per heavy atom. The van der Waals surface area contributed by atoms with Gasteiger partial charge in [0.25, 0.3) is 0 Å². The van der Waals surface area contributed by atoms with E-state index in [2.05, 4.69) is 49.1 Å². The number of nitrogens with two attached hydrogens (primary N) is 1. The maximum absolute atomic E-state index is 12.6. The van der Waals surface area contributed by atoms with Gasteiger partial charge in [-0.05, 0) is 43.1 Å². The standard InChI is InChI=1S/C25H29N7O3/c1-34-12-13-35-24-29-22(26)21-23(30-24)32(25(33)28-21)16-18-6-9-20(27-14-18)19-7-4-17(5-8-19)15-31-10-2-3-11-31/h4-9,14H,2-3,10-13,15-16H2,1H3,(H,28,33)(H2,26,29,30). The average Bonchev–Trinajstić information content (AvgIpc) is 3.49. The van der Waals surface area contributed by atoms with Crippen molar-refractivity contribution in [2.45, 2.75) is 25.9 Å². The van der Waals surface area contributed by atoms with Crippen molar-refractivity contribution in [2.24, 2.45) is 0 Å². The topological polar surface area (TPSA) is 124 Å². The third-order valence-corrected chi connectivity index (χ3v) is 6.17. The molecule has 1 fully saturated rings. The van der Waals surface area contributed by atoms with E-state index < -0.39 is 0 Å². The van der Waals surface area contributed by atoms with Gasteiger partial charge in [0, 0.05) is 25.4 Å². The van der Waals surface area contributed by atoms with Crippen LogP contribution in [-0.2, 0) is 17.8 Å². The number of imidazole rings is 1. The van der Waals surface area contributed by atoms with Crippen molar-refractivity contribution in [3.8, 4) is 17.3 Å². The highest BCUT2D eigenvalue weighted by Crippen LogP contribution is 2.21. The fourth-order valence-electron chi connectivity index (χ4n) is 4.31. The van der Waals surface area contributed by atoms with E-state index in [0.717, 1.165) is 23.4 Å². The van der Waals surface area contributed by atoms with Gasteiger partial charge in [-0.15, -0.1) is 0 Å². The van der Waals surface area contributed by atoms with Crippen molar-refractivity contribution < 1.29 is 9.47 Å². The zero-order valence-electron chi connectivity index (χ0n) is 19.7. The molecule has 1 aromatic carbocycles. The smallest absolute Gasteiger partial charge is 0.328 e. The summed E-state index contributed by atoms with van der Waals surface area (Å²) in [6.07, 6.45) is 4.37. The highest BCUT2D eigenvalue weighted by molar-refractivity contribution is 5.82. The summed E-state index contributed by atoms with van der Waals surface area (Å²) in [5.74, 6) is 0.153. The van der Waals surface area contributed by atoms with Crippen LogP contribution in [0.3, 0.4) is 0 Å². The summed E-state index contributed by atoms with van der Waals surface area (Å²) in [6.45, 7) is 4.32. The fraction of sp³-hybridized carbons (Fsp3) is 0.360. The molecule has 0 aliphatic carbocycles. The molecule has 0 unspecified atom stereocenters. The highest BCUT2D eigenvalue weighted by Gasteiger charge is 2.15. The predicted octanol–water partition coefficient (Wildman–Crippen LogP) is 2.43. The van der Waals surface area contributed by atoms with Crippen molar-refractivity contribution in [3.05, 3.63) is 64.2 Å². The summed E-state index contributed by atoms with van der Waals surface area (Å²) in [4.78, 5) is 30.9. The molecular formula is C25H29N7O3. The van der Waals surface area contributed by atoms with E-state index in [0.29, 0.717) is 17.8 Å². The normalized spacial score (nSPS) is 14.1. The van der Waals surface area contributed by atoms with Crippen LogP contribution in [0.5, 0.6) is 6.01 Å². The number of rotatable bonds is 9. The zero-order chi connectivity index (χ0) is 24.2. The minimum absolute atomic E-state index is 0.0986. The number of aromatic nitrogens is 5. The number of methoxy groups -OCH3 is 1. The Bertz CT molecular complexity index is 1340. The van der Waals surface area contributed by atoms with Gasteiger partial charge in [-0.25, -0.2) is 4.79 Å².